The number of nitrogens with zero attached hydrogens (tertiary/aromatic N) is 2. The zero-order chi connectivity index (χ0) is 19.5. The molecule has 6 nitrogen and oxygen atoms in total. The molecule has 1 aromatic heterocycles. The van der Waals surface area contributed by atoms with Crippen molar-refractivity contribution in [3.63, 3.8) is 0 Å². The van der Waals surface area contributed by atoms with Gasteiger partial charge in [-0.2, -0.15) is 11.8 Å². The summed E-state index contributed by atoms with van der Waals surface area (Å²) < 4.78 is 8.68. The fraction of sp³-hybridized carbons (Fsp3) is 0.368. The summed E-state index contributed by atoms with van der Waals surface area (Å²) in [7, 11) is 0. The van der Waals surface area contributed by atoms with E-state index in [9.17, 15) is 0 Å². The summed E-state index contributed by atoms with van der Waals surface area (Å²) in [6, 6.07) is 12.0. The second kappa shape index (κ2) is 11.2. The first-order valence-corrected chi connectivity index (χ1v) is 10.4. The average Bonchev–Trinajstić information content (AvgIpc) is 2.71. The first-order chi connectivity index (χ1) is 13.1. The molecular formula is C19H25N3O3S2. The third-order valence-corrected chi connectivity index (χ3v) is 6.60. The summed E-state index contributed by atoms with van der Waals surface area (Å²) in [5, 5.41) is 7.26. The van der Waals surface area contributed by atoms with Gasteiger partial charge in [0, 0.05) is 40.9 Å². The molecule has 1 aromatic carbocycles. The van der Waals surface area contributed by atoms with Crippen LogP contribution in [0.1, 0.15) is 20.3 Å². The van der Waals surface area contributed by atoms with Crippen LogP contribution in [0.4, 0.5) is 0 Å². The number of pyridine rings is 1. The molecule has 8 heteroatoms. The summed E-state index contributed by atoms with van der Waals surface area (Å²) in [6.07, 6.45) is 4.87. The fourth-order valence-corrected chi connectivity index (χ4v) is 4.98. The van der Waals surface area contributed by atoms with Gasteiger partial charge in [-0.05, 0) is 61.7 Å². The number of amides is 1. The lowest BCUT2D eigenvalue weighted by molar-refractivity contribution is -0.116. The Morgan fingerprint density at radius 1 is 1.30 bits per heavy atom. The molecule has 0 aliphatic carbocycles. The van der Waals surface area contributed by atoms with E-state index in [4.69, 9.17) is 14.7 Å². The maximum Gasteiger partial charge on any atom is 0.230 e. The van der Waals surface area contributed by atoms with E-state index < -0.39 is 0 Å². The minimum atomic E-state index is 0.181. The molecule has 1 atom stereocenters. The van der Waals surface area contributed by atoms with E-state index in [0.717, 1.165) is 24.6 Å². The van der Waals surface area contributed by atoms with Gasteiger partial charge in [0.15, 0.2) is 0 Å². The second-order valence-electron chi connectivity index (χ2n) is 6.11. The number of carbonyl (C=O) groups excluding carboxylic acids is 1. The molecule has 1 aliphatic rings. The molecule has 0 saturated carbocycles. The highest BCUT2D eigenvalue weighted by atomic mass is 32.2. The van der Waals surface area contributed by atoms with E-state index in [1.807, 2.05) is 36.2 Å². The number of thioether (sulfide) groups is 1. The quantitative estimate of drug-likeness (QED) is 0.321. The number of rotatable bonds is 6. The second-order valence-corrected chi connectivity index (χ2v) is 8.96. The van der Waals surface area contributed by atoms with Crippen LogP contribution in [0.25, 0.3) is 0 Å². The van der Waals surface area contributed by atoms with Gasteiger partial charge < -0.3 is 4.74 Å². The predicted molar refractivity (Wildman–Crippen MR) is 110 cm³/mol. The number of hydrogen-bond acceptors (Lipinski definition) is 7. The normalized spacial score (nSPS) is 19.5. The van der Waals surface area contributed by atoms with Gasteiger partial charge >= 0.3 is 0 Å². The van der Waals surface area contributed by atoms with Gasteiger partial charge in [0.25, 0.3) is 0 Å². The Balaban J connectivity index is 0.000000596. The highest BCUT2D eigenvalue weighted by Crippen LogP contribution is 2.37. The summed E-state index contributed by atoms with van der Waals surface area (Å²) in [6.45, 7) is 6.93. The minimum Gasteiger partial charge on any atom is -0.457 e. The molecule has 146 valence electrons. The molecule has 1 fully saturated rings. The smallest absolute Gasteiger partial charge is 0.230 e. The summed E-state index contributed by atoms with van der Waals surface area (Å²) >= 11 is 3.96. The third kappa shape index (κ3) is 7.42. The molecule has 1 unspecified atom stereocenters. The first-order valence-electron chi connectivity index (χ1n) is 8.66. The van der Waals surface area contributed by atoms with E-state index >= 15 is 0 Å². The van der Waals surface area contributed by atoms with E-state index in [1.165, 1.54) is 22.5 Å². The van der Waals surface area contributed by atoms with Crippen molar-refractivity contribution in [2.45, 2.75) is 29.9 Å². The summed E-state index contributed by atoms with van der Waals surface area (Å²) in [4.78, 5) is 14.1. The zero-order valence-electron chi connectivity index (χ0n) is 15.5. The lowest BCUT2D eigenvalue weighted by Gasteiger charge is -2.38. The highest BCUT2D eigenvalue weighted by molar-refractivity contribution is 8.01. The lowest BCUT2D eigenvalue weighted by atomic mass is 10.1. The van der Waals surface area contributed by atoms with Crippen LogP contribution in [0.5, 0.6) is 11.5 Å². The number of aromatic nitrogens is 1. The molecule has 1 amide bonds. The van der Waals surface area contributed by atoms with E-state index in [1.54, 1.807) is 12.4 Å². The Morgan fingerprint density at radius 3 is 2.52 bits per heavy atom. The van der Waals surface area contributed by atoms with Crippen molar-refractivity contribution in [2.24, 2.45) is 0 Å². The fourth-order valence-electron chi connectivity index (χ4n) is 2.44. The summed E-state index contributed by atoms with van der Waals surface area (Å²) in [5.74, 6) is 2.88. The Kier molecular flexibility index (Phi) is 8.93. The molecule has 2 heterocycles. The van der Waals surface area contributed by atoms with Crippen LogP contribution in [0.3, 0.4) is 0 Å². The van der Waals surface area contributed by atoms with Gasteiger partial charge in [0.1, 0.15) is 11.5 Å². The molecule has 1 aliphatic heterocycles. The Hall–Kier alpha value is -1.74. The predicted octanol–water partition coefficient (Wildman–Crippen LogP) is 4.22. The van der Waals surface area contributed by atoms with Gasteiger partial charge in [0.2, 0.25) is 6.41 Å². The largest absolute Gasteiger partial charge is 0.457 e. The van der Waals surface area contributed by atoms with Gasteiger partial charge in [-0.1, -0.05) is 6.92 Å². The topological polar surface area (TPSA) is 74.7 Å². The van der Waals surface area contributed by atoms with Crippen molar-refractivity contribution in [2.75, 3.05) is 18.8 Å². The van der Waals surface area contributed by atoms with Crippen molar-refractivity contribution in [1.29, 1.82) is 0 Å². The third-order valence-electron chi connectivity index (χ3n) is 4.05. The maximum absolute atomic E-state index is 8.81. The molecular weight excluding hydrogens is 382 g/mol. The Labute approximate surface area is 168 Å². The first kappa shape index (κ1) is 21.6. The van der Waals surface area contributed by atoms with Crippen LogP contribution in [0, 0.1) is 0 Å². The van der Waals surface area contributed by atoms with Crippen molar-refractivity contribution in [3.05, 3.63) is 48.8 Å². The lowest BCUT2D eigenvalue weighted by Crippen LogP contribution is -2.40. The molecule has 3 rings (SSSR count). The van der Waals surface area contributed by atoms with E-state index in [-0.39, 0.29) is 6.41 Å². The molecule has 1 saturated heterocycles. The van der Waals surface area contributed by atoms with Crippen molar-refractivity contribution < 1.29 is 14.7 Å². The standard InChI is InChI=1S/C18H22N2OS2.CH3NO2/c1-3-18(2)14-20(12-13-22-18)23-17-6-4-15(5-7-17)21-16-8-10-19-11-9-16;3-1-2-4/h4-11H,3,12-14H2,1-2H3;1,4H,(H,2,3). The van der Waals surface area contributed by atoms with Crippen LogP contribution >= 0.6 is 23.7 Å². The molecule has 27 heavy (non-hydrogen) atoms. The zero-order valence-corrected chi connectivity index (χ0v) is 17.1. The molecule has 2 N–H and O–H groups in total. The van der Waals surface area contributed by atoms with Crippen LogP contribution in [0.15, 0.2) is 53.7 Å². The molecule has 0 spiro atoms. The van der Waals surface area contributed by atoms with E-state index in [0.29, 0.717) is 4.75 Å². The van der Waals surface area contributed by atoms with Gasteiger partial charge in [0.05, 0.1) is 0 Å². The van der Waals surface area contributed by atoms with Crippen LogP contribution in [-0.2, 0) is 4.79 Å². The monoisotopic (exact) mass is 407 g/mol. The molecule has 0 radical (unpaired) electrons. The number of benzene rings is 1. The van der Waals surface area contributed by atoms with Gasteiger partial charge in [-0.25, -0.2) is 9.79 Å². The Bertz CT molecular complexity index is 688. The number of hydrogen-bond donors (Lipinski definition) is 2. The van der Waals surface area contributed by atoms with Crippen LogP contribution in [0.2, 0.25) is 0 Å². The van der Waals surface area contributed by atoms with Crippen LogP contribution in [-0.4, -0.2) is 44.5 Å². The number of hydroxylamine groups is 1. The SMILES string of the molecule is CCC1(C)CN(Sc2ccc(Oc3ccncc3)cc2)CCS1.O=CNO. The van der Waals surface area contributed by atoms with Crippen LogP contribution < -0.4 is 10.2 Å². The molecule has 0 bridgehead atoms. The summed E-state index contributed by atoms with van der Waals surface area (Å²) in [5.41, 5.74) is 1.25. The Morgan fingerprint density at radius 2 is 1.93 bits per heavy atom. The highest BCUT2D eigenvalue weighted by Gasteiger charge is 2.30. The van der Waals surface area contributed by atoms with Crippen molar-refractivity contribution in [3.8, 4) is 11.5 Å². The average molecular weight is 408 g/mol. The van der Waals surface area contributed by atoms with Crippen molar-refractivity contribution in [1.82, 2.24) is 14.8 Å². The van der Waals surface area contributed by atoms with Gasteiger partial charge in [-0.15, -0.1) is 0 Å². The number of carbonyl (C=O) groups is 1. The maximum atomic E-state index is 8.81. The van der Waals surface area contributed by atoms with E-state index in [2.05, 4.69) is 47.0 Å². The number of nitrogens with one attached hydrogen (secondary N) is 1. The number of ether oxygens (including phenoxy) is 1. The minimum absolute atomic E-state index is 0.181. The van der Waals surface area contributed by atoms with Crippen molar-refractivity contribution >= 4 is 30.1 Å². The molecule has 2 aromatic rings. The van der Waals surface area contributed by atoms with Gasteiger partial charge in [-0.3, -0.25) is 15.0 Å².